The summed E-state index contributed by atoms with van der Waals surface area (Å²) < 4.78 is 37.2. The summed E-state index contributed by atoms with van der Waals surface area (Å²) in [5.74, 6) is 0.368. The van der Waals surface area contributed by atoms with Crippen molar-refractivity contribution in [3.63, 3.8) is 0 Å². The molecule has 1 aromatic rings. The Kier molecular flexibility index (Phi) is 4.69. The van der Waals surface area contributed by atoms with Gasteiger partial charge in [0.05, 0.1) is 10.6 Å². The first-order valence-corrected chi connectivity index (χ1v) is 5.49. The molecule has 0 spiro atoms. The molecule has 0 saturated carbocycles. The second-order valence-corrected chi connectivity index (χ2v) is 4.43. The van der Waals surface area contributed by atoms with Crippen LogP contribution < -0.4 is 10.6 Å². The smallest absolute Gasteiger partial charge is 0.354 e. The molecule has 2 heterocycles. The maximum atomic E-state index is 12.4. The molecule has 0 bridgehead atoms. The number of halogens is 5. The number of nitrogens with two attached hydrogens (primary N) is 1. The van der Waals surface area contributed by atoms with Crippen LogP contribution in [-0.4, -0.2) is 24.1 Å². The zero-order chi connectivity index (χ0) is 12.6. The van der Waals surface area contributed by atoms with Gasteiger partial charge in [0.25, 0.3) is 0 Å². The summed E-state index contributed by atoms with van der Waals surface area (Å²) in [7, 11) is 0. The molecule has 1 aliphatic heterocycles. The minimum absolute atomic E-state index is 0. The molecule has 1 aliphatic rings. The fourth-order valence-corrected chi connectivity index (χ4v) is 2.08. The number of hydrogen-bond acceptors (Lipinski definition) is 3. The number of anilines is 1. The molecule has 0 aliphatic carbocycles. The Balaban J connectivity index is 0.00000162. The molecule has 102 valence electrons. The van der Waals surface area contributed by atoms with Gasteiger partial charge in [0.1, 0.15) is 5.82 Å². The normalized spacial score (nSPS) is 19.8. The lowest BCUT2D eigenvalue weighted by Gasteiger charge is -2.19. The molecule has 2 rings (SSSR count). The van der Waals surface area contributed by atoms with E-state index in [0.29, 0.717) is 18.9 Å². The van der Waals surface area contributed by atoms with Gasteiger partial charge in [-0.25, -0.2) is 4.98 Å². The molecule has 3 nitrogen and oxygen atoms in total. The number of nitrogens with zero attached hydrogens (tertiary/aromatic N) is 2. The third kappa shape index (κ3) is 3.18. The number of aromatic nitrogens is 1. The molecule has 1 saturated heterocycles. The molecule has 1 unspecified atom stereocenters. The van der Waals surface area contributed by atoms with E-state index in [4.69, 9.17) is 17.3 Å². The zero-order valence-corrected chi connectivity index (χ0v) is 10.8. The lowest BCUT2D eigenvalue weighted by Crippen LogP contribution is -2.27. The summed E-state index contributed by atoms with van der Waals surface area (Å²) >= 11 is 5.82. The maximum Gasteiger partial charge on any atom is 0.417 e. The highest BCUT2D eigenvalue weighted by Gasteiger charge is 2.32. The Morgan fingerprint density at radius 3 is 2.56 bits per heavy atom. The first-order valence-electron chi connectivity index (χ1n) is 5.11. The van der Waals surface area contributed by atoms with Crippen LogP contribution in [0.25, 0.3) is 0 Å². The van der Waals surface area contributed by atoms with Gasteiger partial charge in [-0.05, 0) is 12.5 Å². The van der Waals surface area contributed by atoms with Gasteiger partial charge in [0, 0.05) is 25.3 Å². The van der Waals surface area contributed by atoms with Crippen LogP contribution in [-0.2, 0) is 6.18 Å². The summed E-state index contributed by atoms with van der Waals surface area (Å²) in [6.45, 7) is 1.23. The van der Waals surface area contributed by atoms with E-state index in [1.807, 2.05) is 0 Å². The molecule has 0 aromatic carbocycles. The Hall–Kier alpha value is -0.720. The zero-order valence-electron chi connectivity index (χ0n) is 9.25. The average Bonchev–Trinajstić information content (AvgIpc) is 2.63. The topological polar surface area (TPSA) is 42.1 Å². The first kappa shape index (κ1) is 15.3. The number of rotatable bonds is 1. The van der Waals surface area contributed by atoms with Crippen LogP contribution in [0, 0.1) is 0 Å². The SMILES string of the molecule is Cl.NC1CCN(c2ncc(C(F)(F)F)cc2Cl)C1. The van der Waals surface area contributed by atoms with E-state index in [1.54, 1.807) is 4.90 Å². The summed E-state index contributed by atoms with van der Waals surface area (Å²) in [5.41, 5.74) is 4.88. The Bertz CT molecular complexity index is 425. The summed E-state index contributed by atoms with van der Waals surface area (Å²) in [6.07, 6.45) is -2.83. The standard InChI is InChI=1S/C10H11ClF3N3.ClH/c11-8-3-6(10(12,13)14)4-16-9(8)17-2-1-7(15)5-17;/h3-4,7H,1-2,5,15H2;1H. The van der Waals surface area contributed by atoms with E-state index in [0.717, 1.165) is 18.7 Å². The monoisotopic (exact) mass is 301 g/mol. The predicted molar refractivity (Wildman–Crippen MR) is 66.3 cm³/mol. The molecule has 8 heteroatoms. The second kappa shape index (κ2) is 5.50. The second-order valence-electron chi connectivity index (χ2n) is 4.02. The summed E-state index contributed by atoms with van der Waals surface area (Å²) in [5, 5.41) is 0.00826. The fraction of sp³-hybridized carbons (Fsp3) is 0.500. The van der Waals surface area contributed by atoms with E-state index in [-0.39, 0.29) is 23.5 Å². The van der Waals surface area contributed by atoms with E-state index in [1.165, 1.54) is 0 Å². The molecule has 1 aromatic heterocycles. The van der Waals surface area contributed by atoms with Gasteiger partial charge >= 0.3 is 6.18 Å². The molecule has 1 atom stereocenters. The van der Waals surface area contributed by atoms with Crippen molar-refractivity contribution in [1.29, 1.82) is 0 Å². The van der Waals surface area contributed by atoms with Gasteiger partial charge in [0.15, 0.2) is 0 Å². The van der Waals surface area contributed by atoms with Crippen LogP contribution in [0.3, 0.4) is 0 Å². The minimum Gasteiger partial charge on any atom is -0.354 e. The Morgan fingerprint density at radius 2 is 2.11 bits per heavy atom. The van der Waals surface area contributed by atoms with Crippen molar-refractivity contribution in [2.45, 2.75) is 18.6 Å². The van der Waals surface area contributed by atoms with Gasteiger partial charge < -0.3 is 10.6 Å². The Labute approximate surface area is 114 Å². The van der Waals surface area contributed by atoms with Crippen LogP contribution in [0.2, 0.25) is 5.02 Å². The van der Waals surface area contributed by atoms with Crippen molar-refractivity contribution in [2.75, 3.05) is 18.0 Å². The highest BCUT2D eigenvalue weighted by Crippen LogP contribution is 2.34. The number of pyridine rings is 1. The van der Waals surface area contributed by atoms with Crippen LogP contribution >= 0.6 is 24.0 Å². The molecule has 0 radical (unpaired) electrons. The summed E-state index contributed by atoms with van der Waals surface area (Å²) in [4.78, 5) is 5.58. The van der Waals surface area contributed by atoms with Gasteiger partial charge in [-0.2, -0.15) is 13.2 Å². The highest BCUT2D eigenvalue weighted by atomic mass is 35.5. The van der Waals surface area contributed by atoms with Crippen LogP contribution in [0.4, 0.5) is 19.0 Å². The number of hydrogen-bond donors (Lipinski definition) is 1. The quantitative estimate of drug-likeness (QED) is 0.867. The van der Waals surface area contributed by atoms with E-state index >= 15 is 0 Å². The molecule has 1 fully saturated rings. The molecular weight excluding hydrogens is 290 g/mol. The molecule has 0 amide bonds. The van der Waals surface area contributed by atoms with Crippen molar-refractivity contribution in [3.8, 4) is 0 Å². The molecule has 18 heavy (non-hydrogen) atoms. The predicted octanol–water partition coefficient (Wildman–Crippen LogP) is 2.71. The molecule has 2 N–H and O–H groups in total. The van der Waals surface area contributed by atoms with Gasteiger partial charge in [-0.3, -0.25) is 0 Å². The minimum atomic E-state index is -4.42. The van der Waals surface area contributed by atoms with Crippen LogP contribution in [0.15, 0.2) is 12.3 Å². The van der Waals surface area contributed by atoms with E-state index in [9.17, 15) is 13.2 Å². The Morgan fingerprint density at radius 1 is 1.44 bits per heavy atom. The fourth-order valence-electron chi connectivity index (χ4n) is 1.80. The summed E-state index contributed by atoms with van der Waals surface area (Å²) in [6, 6.07) is 0.920. The van der Waals surface area contributed by atoms with Crippen molar-refractivity contribution in [1.82, 2.24) is 4.98 Å². The van der Waals surface area contributed by atoms with E-state index in [2.05, 4.69) is 4.98 Å². The third-order valence-electron chi connectivity index (χ3n) is 2.67. The van der Waals surface area contributed by atoms with Crippen molar-refractivity contribution < 1.29 is 13.2 Å². The maximum absolute atomic E-state index is 12.4. The van der Waals surface area contributed by atoms with Crippen LogP contribution in [0.5, 0.6) is 0 Å². The van der Waals surface area contributed by atoms with Gasteiger partial charge in [-0.15, -0.1) is 12.4 Å². The molecular formula is C10H12Cl2F3N3. The third-order valence-corrected chi connectivity index (χ3v) is 2.95. The van der Waals surface area contributed by atoms with Gasteiger partial charge in [-0.1, -0.05) is 11.6 Å². The largest absolute Gasteiger partial charge is 0.417 e. The van der Waals surface area contributed by atoms with E-state index < -0.39 is 11.7 Å². The lowest BCUT2D eigenvalue weighted by molar-refractivity contribution is -0.137. The highest BCUT2D eigenvalue weighted by molar-refractivity contribution is 6.33. The average molecular weight is 302 g/mol. The first-order chi connectivity index (χ1) is 7.88. The van der Waals surface area contributed by atoms with Crippen molar-refractivity contribution in [2.24, 2.45) is 5.73 Å². The van der Waals surface area contributed by atoms with Crippen molar-refractivity contribution in [3.05, 3.63) is 22.8 Å². The number of alkyl halides is 3. The lowest BCUT2D eigenvalue weighted by atomic mass is 10.2. The van der Waals surface area contributed by atoms with Crippen molar-refractivity contribution >= 4 is 29.8 Å². The van der Waals surface area contributed by atoms with Gasteiger partial charge in [0.2, 0.25) is 0 Å². The van der Waals surface area contributed by atoms with Crippen LogP contribution in [0.1, 0.15) is 12.0 Å².